The lowest BCUT2D eigenvalue weighted by atomic mass is 10.1. The van der Waals surface area contributed by atoms with Gasteiger partial charge >= 0.3 is 0 Å². The number of rotatable bonds is 6. The van der Waals surface area contributed by atoms with E-state index in [9.17, 15) is 4.79 Å². The fourth-order valence-electron chi connectivity index (χ4n) is 2.59. The highest BCUT2D eigenvalue weighted by Gasteiger charge is 2.18. The summed E-state index contributed by atoms with van der Waals surface area (Å²) < 4.78 is 18.0. The highest BCUT2D eigenvalue weighted by atomic mass is 79.9. The van der Waals surface area contributed by atoms with Gasteiger partial charge in [-0.3, -0.25) is 4.79 Å². The molecule has 0 unspecified atom stereocenters. The van der Waals surface area contributed by atoms with E-state index in [0.29, 0.717) is 27.9 Å². The molecule has 0 atom stereocenters. The van der Waals surface area contributed by atoms with Crippen molar-refractivity contribution in [1.29, 1.82) is 0 Å². The molecule has 1 N–H and O–H groups in total. The van der Waals surface area contributed by atoms with Crippen molar-refractivity contribution in [3.63, 3.8) is 0 Å². The minimum Gasteiger partial charge on any atom is -0.493 e. The standard InChI is InChI=1S/C18H17BrN2O4S/c1-23-13-7-4-10(16(24-2)17(13)25-3)8-15(22)21-18-20-12-6-5-11(19)9-14(12)26-18/h4-7,9H,8H2,1-3H3,(H,20,21,22). The Labute approximate surface area is 163 Å². The van der Waals surface area contributed by atoms with E-state index in [2.05, 4.69) is 26.2 Å². The van der Waals surface area contributed by atoms with Crippen LogP contribution in [0.15, 0.2) is 34.8 Å². The van der Waals surface area contributed by atoms with E-state index in [0.717, 1.165) is 14.7 Å². The monoisotopic (exact) mass is 436 g/mol. The number of methoxy groups -OCH3 is 3. The molecule has 0 bridgehead atoms. The lowest BCUT2D eigenvalue weighted by Crippen LogP contribution is -2.15. The topological polar surface area (TPSA) is 69.7 Å². The first-order valence-corrected chi connectivity index (χ1v) is 9.30. The summed E-state index contributed by atoms with van der Waals surface area (Å²) in [5.41, 5.74) is 1.55. The number of nitrogens with one attached hydrogen (secondary N) is 1. The predicted octanol–water partition coefficient (Wildman–Crippen LogP) is 4.27. The van der Waals surface area contributed by atoms with Crippen molar-refractivity contribution >= 4 is 48.5 Å². The lowest BCUT2D eigenvalue weighted by molar-refractivity contribution is -0.115. The van der Waals surface area contributed by atoms with Crippen molar-refractivity contribution < 1.29 is 19.0 Å². The Balaban J connectivity index is 1.80. The molecule has 0 aliphatic carbocycles. The average molecular weight is 437 g/mol. The van der Waals surface area contributed by atoms with Crippen molar-refractivity contribution in [2.24, 2.45) is 0 Å². The molecule has 1 amide bonds. The molecule has 6 nitrogen and oxygen atoms in total. The number of hydrogen-bond acceptors (Lipinski definition) is 6. The third kappa shape index (κ3) is 3.76. The molecule has 0 fully saturated rings. The van der Waals surface area contributed by atoms with E-state index >= 15 is 0 Å². The van der Waals surface area contributed by atoms with Crippen LogP contribution in [0.3, 0.4) is 0 Å². The molecule has 0 aliphatic rings. The number of fused-ring (bicyclic) bond motifs is 1. The fraction of sp³-hybridized carbons (Fsp3) is 0.222. The van der Waals surface area contributed by atoms with E-state index in [1.54, 1.807) is 19.2 Å². The summed E-state index contributed by atoms with van der Waals surface area (Å²) in [6, 6.07) is 9.33. The second kappa shape index (κ2) is 7.92. The van der Waals surface area contributed by atoms with Crippen LogP contribution in [-0.2, 0) is 11.2 Å². The summed E-state index contributed by atoms with van der Waals surface area (Å²) in [5.74, 6) is 1.30. The van der Waals surface area contributed by atoms with Crippen LogP contribution < -0.4 is 19.5 Å². The van der Waals surface area contributed by atoms with E-state index in [-0.39, 0.29) is 12.3 Å². The molecule has 0 saturated carbocycles. The smallest absolute Gasteiger partial charge is 0.230 e. The molecule has 0 radical (unpaired) electrons. The molecule has 26 heavy (non-hydrogen) atoms. The minimum atomic E-state index is -0.186. The van der Waals surface area contributed by atoms with Crippen LogP contribution in [-0.4, -0.2) is 32.2 Å². The zero-order valence-electron chi connectivity index (χ0n) is 14.5. The normalized spacial score (nSPS) is 10.6. The molecule has 0 saturated heterocycles. The zero-order valence-corrected chi connectivity index (χ0v) is 16.9. The SMILES string of the molecule is COc1ccc(CC(=O)Nc2nc3ccc(Br)cc3s2)c(OC)c1OC. The number of benzene rings is 2. The summed E-state index contributed by atoms with van der Waals surface area (Å²) in [4.78, 5) is 16.9. The lowest BCUT2D eigenvalue weighted by Gasteiger charge is -2.15. The molecule has 1 heterocycles. The van der Waals surface area contributed by atoms with E-state index in [1.807, 2.05) is 18.2 Å². The van der Waals surface area contributed by atoms with Gasteiger partial charge in [-0.05, 0) is 24.3 Å². The van der Waals surface area contributed by atoms with Crippen molar-refractivity contribution in [3.05, 3.63) is 40.4 Å². The zero-order chi connectivity index (χ0) is 18.7. The van der Waals surface area contributed by atoms with E-state index < -0.39 is 0 Å². The molecule has 8 heteroatoms. The van der Waals surface area contributed by atoms with Gasteiger partial charge in [0.25, 0.3) is 0 Å². The number of halogens is 1. The summed E-state index contributed by atoms with van der Waals surface area (Å²) in [6.07, 6.45) is 0.128. The van der Waals surface area contributed by atoms with Gasteiger partial charge in [0, 0.05) is 10.0 Å². The third-order valence-electron chi connectivity index (χ3n) is 3.73. The van der Waals surface area contributed by atoms with Gasteiger partial charge in [0.1, 0.15) is 0 Å². The van der Waals surface area contributed by atoms with Gasteiger partial charge in [0.2, 0.25) is 11.7 Å². The Morgan fingerprint density at radius 2 is 1.88 bits per heavy atom. The third-order valence-corrected chi connectivity index (χ3v) is 5.16. The van der Waals surface area contributed by atoms with Crippen LogP contribution in [0.2, 0.25) is 0 Å². The number of aromatic nitrogens is 1. The van der Waals surface area contributed by atoms with Crippen LogP contribution >= 0.6 is 27.3 Å². The molecular formula is C18H17BrN2O4S. The molecule has 3 aromatic rings. The van der Waals surface area contributed by atoms with Crippen LogP contribution in [0, 0.1) is 0 Å². The van der Waals surface area contributed by atoms with Crippen molar-refractivity contribution in [2.75, 3.05) is 26.6 Å². The van der Waals surface area contributed by atoms with Gasteiger partial charge < -0.3 is 19.5 Å². The number of nitrogens with zero attached hydrogens (tertiary/aromatic N) is 1. The summed E-state index contributed by atoms with van der Waals surface area (Å²) in [5, 5.41) is 3.40. The molecule has 0 aliphatic heterocycles. The largest absolute Gasteiger partial charge is 0.493 e. The molecule has 0 spiro atoms. The van der Waals surface area contributed by atoms with Crippen LogP contribution in [0.4, 0.5) is 5.13 Å². The average Bonchev–Trinajstić information content (AvgIpc) is 3.02. The maximum Gasteiger partial charge on any atom is 0.230 e. The number of carbonyl (C=O) groups excluding carboxylic acids is 1. The number of hydrogen-bond donors (Lipinski definition) is 1. The molecule has 3 rings (SSSR count). The number of amides is 1. The van der Waals surface area contributed by atoms with E-state index in [1.165, 1.54) is 25.6 Å². The maximum absolute atomic E-state index is 12.5. The first-order valence-electron chi connectivity index (χ1n) is 7.69. The molecule has 136 valence electrons. The first kappa shape index (κ1) is 18.5. The second-order valence-electron chi connectivity index (χ2n) is 5.35. The number of carbonyl (C=O) groups is 1. The number of ether oxygens (including phenoxy) is 3. The molecule has 1 aromatic heterocycles. The quantitative estimate of drug-likeness (QED) is 0.624. The second-order valence-corrected chi connectivity index (χ2v) is 7.30. The maximum atomic E-state index is 12.5. The van der Waals surface area contributed by atoms with Crippen LogP contribution in [0.5, 0.6) is 17.2 Å². The Hall–Kier alpha value is -2.32. The van der Waals surface area contributed by atoms with Crippen molar-refractivity contribution in [3.8, 4) is 17.2 Å². The van der Waals surface area contributed by atoms with Crippen LogP contribution in [0.25, 0.3) is 10.2 Å². The summed E-state index contributed by atoms with van der Waals surface area (Å²) in [6.45, 7) is 0. The van der Waals surface area contributed by atoms with Gasteiger partial charge in [0.15, 0.2) is 16.6 Å². The van der Waals surface area contributed by atoms with Gasteiger partial charge in [-0.1, -0.05) is 33.3 Å². The Bertz CT molecular complexity index is 958. The van der Waals surface area contributed by atoms with Crippen molar-refractivity contribution in [1.82, 2.24) is 4.98 Å². The summed E-state index contributed by atoms with van der Waals surface area (Å²) in [7, 11) is 4.61. The van der Waals surface area contributed by atoms with Crippen molar-refractivity contribution in [2.45, 2.75) is 6.42 Å². The van der Waals surface area contributed by atoms with Gasteiger partial charge in [-0.2, -0.15) is 0 Å². The number of anilines is 1. The predicted molar refractivity (Wildman–Crippen MR) is 106 cm³/mol. The van der Waals surface area contributed by atoms with Gasteiger partial charge in [-0.25, -0.2) is 4.98 Å². The van der Waals surface area contributed by atoms with Crippen LogP contribution in [0.1, 0.15) is 5.56 Å². The highest BCUT2D eigenvalue weighted by molar-refractivity contribution is 9.10. The van der Waals surface area contributed by atoms with E-state index in [4.69, 9.17) is 14.2 Å². The minimum absolute atomic E-state index is 0.128. The van der Waals surface area contributed by atoms with Gasteiger partial charge in [-0.15, -0.1) is 0 Å². The fourth-order valence-corrected chi connectivity index (χ4v) is 4.02. The molecular weight excluding hydrogens is 420 g/mol. The Morgan fingerprint density at radius 3 is 2.58 bits per heavy atom. The Morgan fingerprint density at radius 1 is 1.12 bits per heavy atom. The summed E-state index contributed by atoms with van der Waals surface area (Å²) >= 11 is 4.86. The Kier molecular flexibility index (Phi) is 5.63. The highest BCUT2D eigenvalue weighted by Crippen LogP contribution is 2.40. The molecule has 2 aromatic carbocycles. The van der Waals surface area contributed by atoms with Gasteiger partial charge in [0.05, 0.1) is 38.0 Å². The number of thiazole rings is 1. The first-order chi connectivity index (χ1) is 12.5.